The van der Waals surface area contributed by atoms with Crippen LogP contribution in [0, 0.1) is 13.8 Å². The van der Waals surface area contributed by atoms with Crippen molar-refractivity contribution in [3.63, 3.8) is 0 Å². The summed E-state index contributed by atoms with van der Waals surface area (Å²) in [5.41, 5.74) is 3.00. The molecule has 0 bridgehead atoms. The molecular formula is C19H23ClN4O2. The standard InChI is InChI=1S/C19H23ClN4O2/c1-12-9-13(2)17(15(20)10-12)23-18(25)14-5-6-21-16(11-14)19(26)22-7-8-24(3)4/h5-6,9-11H,7-8H2,1-4H3,(H,22,26)(H,23,25). The van der Waals surface area contributed by atoms with Crippen molar-refractivity contribution in [2.75, 3.05) is 32.5 Å². The zero-order valence-electron chi connectivity index (χ0n) is 15.4. The molecule has 1 heterocycles. The van der Waals surface area contributed by atoms with Gasteiger partial charge in [-0.05, 0) is 57.3 Å². The molecular weight excluding hydrogens is 352 g/mol. The Balaban J connectivity index is 2.12. The number of pyridine rings is 1. The molecule has 0 saturated carbocycles. The van der Waals surface area contributed by atoms with Crippen molar-refractivity contribution < 1.29 is 9.59 Å². The normalized spacial score (nSPS) is 10.7. The fraction of sp³-hybridized carbons (Fsp3) is 0.316. The maximum Gasteiger partial charge on any atom is 0.269 e. The van der Waals surface area contributed by atoms with Crippen LogP contribution in [0.3, 0.4) is 0 Å². The number of carbonyl (C=O) groups excluding carboxylic acids is 2. The van der Waals surface area contributed by atoms with Gasteiger partial charge in [-0.1, -0.05) is 17.7 Å². The number of aromatic nitrogens is 1. The Labute approximate surface area is 158 Å². The van der Waals surface area contributed by atoms with Crippen LogP contribution in [-0.2, 0) is 0 Å². The lowest BCUT2D eigenvalue weighted by atomic mass is 10.1. The molecule has 0 saturated heterocycles. The Morgan fingerprint density at radius 3 is 2.54 bits per heavy atom. The topological polar surface area (TPSA) is 74.3 Å². The zero-order chi connectivity index (χ0) is 19.3. The summed E-state index contributed by atoms with van der Waals surface area (Å²) in [7, 11) is 3.85. The third-order valence-electron chi connectivity index (χ3n) is 3.77. The first-order valence-electron chi connectivity index (χ1n) is 8.25. The predicted molar refractivity (Wildman–Crippen MR) is 104 cm³/mol. The number of carbonyl (C=O) groups is 2. The summed E-state index contributed by atoms with van der Waals surface area (Å²) in [6, 6.07) is 6.76. The molecule has 0 unspecified atom stereocenters. The number of nitrogens with one attached hydrogen (secondary N) is 2. The van der Waals surface area contributed by atoms with Crippen molar-refractivity contribution in [1.29, 1.82) is 0 Å². The molecule has 2 rings (SSSR count). The van der Waals surface area contributed by atoms with Gasteiger partial charge in [-0.25, -0.2) is 0 Å². The summed E-state index contributed by atoms with van der Waals surface area (Å²) < 4.78 is 0. The Bertz CT molecular complexity index is 798. The average Bonchev–Trinajstić information content (AvgIpc) is 2.57. The van der Waals surface area contributed by atoms with E-state index in [-0.39, 0.29) is 17.5 Å². The Hall–Kier alpha value is -2.44. The van der Waals surface area contributed by atoms with Gasteiger partial charge in [0, 0.05) is 24.8 Å². The van der Waals surface area contributed by atoms with E-state index in [4.69, 9.17) is 11.6 Å². The number of nitrogens with zero attached hydrogens (tertiary/aromatic N) is 2. The Morgan fingerprint density at radius 1 is 1.15 bits per heavy atom. The second-order valence-corrected chi connectivity index (χ2v) is 6.79. The summed E-state index contributed by atoms with van der Waals surface area (Å²) in [4.78, 5) is 30.7. The molecule has 0 atom stereocenters. The second-order valence-electron chi connectivity index (χ2n) is 6.38. The van der Waals surface area contributed by atoms with Crippen molar-refractivity contribution in [3.8, 4) is 0 Å². The highest BCUT2D eigenvalue weighted by atomic mass is 35.5. The van der Waals surface area contributed by atoms with Gasteiger partial charge in [0.25, 0.3) is 11.8 Å². The molecule has 7 heteroatoms. The fourth-order valence-corrected chi connectivity index (χ4v) is 2.81. The molecule has 1 aromatic heterocycles. The smallest absolute Gasteiger partial charge is 0.269 e. The first kappa shape index (κ1) is 19.9. The van der Waals surface area contributed by atoms with E-state index in [1.165, 1.54) is 12.3 Å². The third kappa shape index (κ3) is 5.28. The molecule has 2 amide bonds. The number of halogens is 1. The van der Waals surface area contributed by atoms with Gasteiger partial charge in [-0.15, -0.1) is 0 Å². The number of aryl methyl sites for hydroxylation is 2. The first-order chi connectivity index (χ1) is 12.3. The highest BCUT2D eigenvalue weighted by molar-refractivity contribution is 6.34. The van der Waals surface area contributed by atoms with Crippen molar-refractivity contribution in [2.24, 2.45) is 0 Å². The maximum absolute atomic E-state index is 12.5. The largest absolute Gasteiger partial charge is 0.349 e. The Morgan fingerprint density at radius 2 is 1.88 bits per heavy atom. The van der Waals surface area contributed by atoms with Crippen LogP contribution in [0.15, 0.2) is 30.5 Å². The van der Waals surface area contributed by atoms with Gasteiger partial charge >= 0.3 is 0 Å². The SMILES string of the molecule is Cc1cc(C)c(NC(=O)c2ccnc(C(=O)NCCN(C)C)c2)c(Cl)c1. The minimum atomic E-state index is -0.344. The lowest BCUT2D eigenvalue weighted by Crippen LogP contribution is -2.32. The maximum atomic E-state index is 12.5. The molecule has 6 nitrogen and oxygen atoms in total. The average molecular weight is 375 g/mol. The number of anilines is 1. The van der Waals surface area contributed by atoms with Gasteiger partial charge in [-0.3, -0.25) is 14.6 Å². The highest BCUT2D eigenvalue weighted by Crippen LogP contribution is 2.27. The second kappa shape index (κ2) is 8.78. The molecule has 0 aliphatic heterocycles. The monoisotopic (exact) mass is 374 g/mol. The van der Waals surface area contributed by atoms with Crippen molar-refractivity contribution in [3.05, 3.63) is 57.9 Å². The van der Waals surface area contributed by atoms with Gasteiger partial charge < -0.3 is 15.5 Å². The summed E-state index contributed by atoms with van der Waals surface area (Å²) in [5.74, 6) is -0.658. The highest BCUT2D eigenvalue weighted by Gasteiger charge is 2.14. The van der Waals surface area contributed by atoms with Gasteiger partial charge in [-0.2, -0.15) is 0 Å². The predicted octanol–water partition coefficient (Wildman–Crippen LogP) is 2.90. The summed E-state index contributed by atoms with van der Waals surface area (Å²) in [6.45, 7) is 5.04. The lowest BCUT2D eigenvalue weighted by Gasteiger charge is -2.12. The number of benzene rings is 1. The van der Waals surface area contributed by atoms with E-state index >= 15 is 0 Å². The minimum absolute atomic E-state index is 0.197. The molecule has 2 aromatic rings. The van der Waals surface area contributed by atoms with Crippen LogP contribution in [0.2, 0.25) is 5.02 Å². The summed E-state index contributed by atoms with van der Waals surface area (Å²) in [5, 5.41) is 6.06. The number of rotatable bonds is 6. The van der Waals surface area contributed by atoms with Crippen LogP contribution in [0.5, 0.6) is 0 Å². The number of amides is 2. The van der Waals surface area contributed by atoms with E-state index in [9.17, 15) is 9.59 Å². The fourth-order valence-electron chi connectivity index (χ4n) is 2.44. The minimum Gasteiger partial charge on any atom is -0.349 e. The van der Waals surface area contributed by atoms with Gasteiger partial charge in [0.15, 0.2) is 0 Å². The van der Waals surface area contributed by atoms with E-state index in [1.54, 1.807) is 12.1 Å². The quantitative estimate of drug-likeness (QED) is 0.815. The van der Waals surface area contributed by atoms with E-state index in [0.717, 1.165) is 17.7 Å². The molecule has 0 fully saturated rings. The van der Waals surface area contributed by atoms with Crippen LogP contribution < -0.4 is 10.6 Å². The summed E-state index contributed by atoms with van der Waals surface area (Å²) >= 11 is 6.24. The van der Waals surface area contributed by atoms with Crippen LogP contribution in [-0.4, -0.2) is 48.9 Å². The van der Waals surface area contributed by atoms with E-state index in [1.807, 2.05) is 38.9 Å². The van der Waals surface area contributed by atoms with Crippen molar-refractivity contribution in [1.82, 2.24) is 15.2 Å². The molecule has 0 radical (unpaired) electrons. The first-order valence-corrected chi connectivity index (χ1v) is 8.63. The van der Waals surface area contributed by atoms with E-state index in [0.29, 0.717) is 22.8 Å². The molecule has 0 aliphatic rings. The molecule has 2 N–H and O–H groups in total. The molecule has 138 valence electrons. The van der Waals surface area contributed by atoms with Gasteiger partial charge in [0.1, 0.15) is 5.69 Å². The number of hydrogen-bond donors (Lipinski definition) is 2. The van der Waals surface area contributed by atoms with E-state index in [2.05, 4.69) is 15.6 Å². The van der Waals surface area contributed by atoms with Crippen LogP contribution in [0.25, 0.3) is 0 Å². The van der Waals surface area contributed by atoms with Crippen LogP contribution in [0.4, 0.5) is 5.69 Å². The van der Waals surface area contributed by atoms with Gasteiger partial charge in [0.2, 0.25) is 0 Å². The number of likely N-dealkylation sites (N-methyl/N-ethyl adjacent to an activating group) is 1. The van der Waals surface area contributed by atoms with Gasteiger partial charge in [0.05, 0.1) is 10.7 Å². The zero-order valence-corrected chi connectivity index (χ0v) is 16.1. The molecule has 1 aromatic carbocycles. The third-order valence-corrected chi connectivity index (χ3v) is 4.07. The van der Waals surface area contributed by atoms with Crippen molar-refractivity contribution >= 4 is 29.1 Å². The molecule has 0 spiro atoms. The number of hydrogen-bond acceptors (Lipinski definition) is 4. The van der Waals surface area contributed by atoms with Crippen LogP contribution >= 0.6 is 11.6 Å². The Kier molecular flexibility index (Phi) is 6.71. The summed E-state index contributed by atoms with van der Waals surface area (Å²) in [6.07, 6.45) is 1.44. The van der Waals surface area contributed by atoms with Crippen LogP contribution in [0.1, 0.15) is 32.0 Å². The molecule has 0 aliphatic carbocycles. The molecule has 26 heavy (non-hydrogen) atoms. The van der Waals surface area contributed by atoms with Crippen molar-refractivity contribution in [2.45, 2.75) is 13.8 Å². The van der Waals surface area contributed by atoms with E-state index < -0.39 is 0 Å². The lowest BCUT2D eigenvalue weighted by molar-refractivity contribution is 0.0946.